The minimum absolute atomic E-state index is 0.114. The van der Waals surface area contributed by atoms with Gasteiger partial charge in [0.05, 0.1) is 40.1 Å². The Morgan fingerprint density at radius 3 is 2.31 bits per heavy atom. The van der Waals surface area contributed by atoms with Gasteiger partial charge >= 0.3 is 5.97 Å². The summed E-state index contributed by atoms with van der Waals surface area (Å²) < 4.78 is 43.8. The predicted molar refractivity (Wildman–Crippen MR) is 149 cm³/mol. The maximum atomic E-state index is 11.9. The summed E-state index contributed by atoms with van der Waals surface area (Å²) in [6.07, 6.45) is 5.69. The molecular weight excluding hydrogens is 504 g/mol. The Balaban J connectivity index is 1.96. The molecule has 39 heavy (non-hydrogen) atoms. The van der Waals surface area contributed by atoms with Crippen LogP contribution in [0.25, 0.3) is 6.08 Å². The summed E-state index contributed by atoms with van der Waals surface area (Å²) in [5, 5.41) is 0. The molecule has 0 saturated carbocycles. The minimum atomic E-state index is -0.422. The van der Waals surface area contributed by atoms with Crippen LogP contribution in [0.4, 0.5) is 0 Å². The Morgan fingerprint density at radius 2 is 1.54 bits per heavy atom. The zero-order chi connectivity index (χ0) is 28.1. The molecule has 0 fully saturated rings. The quantitative estimate of drug-likeness (QED) is 0.0919. The van der Waals surface area contributed by atoms with Gasteiger partial charge in [-0.1, -0.05) is 25.5 Å². The van der Waals surface area contributed by atoms with Crippen LogP contribution in [0.3, 0.4) is 0 Å². The molecule has 0 N–H and O–H groups in total. The molecule has 216 valence electrons. The lowest BCUT2D eigenvalue weighted by molar-refractivity contribution is -0.139. The number of carbonyl (C=O) groups excluding carboxylic acids is 1. The number of unbranched alkanes of at least 4 members (excludes halogenated alkanes) is 1. The van der Waals surface area contributed by atoms with E-state index in [0.29, 0.717) is 69.1 Å². The number of hydrogen-bond donors (Lipinski definition) is 0. The van der Waals surface area contributed by atoms with E-state index in [-0.39, 0.29) is 13.4 Å². The summed E-state index contributed by atoms with van der Waals surface area (Å²) in [6, 6.07) is 11.3. The lowest BCUT2D eigenvalue weighted by Gasteiger charge is -2.15. The van der Waals surface area contributed by atoms with Gasteiger partial charge < -0.3 is 37.9 Å². The van der Waals surface area contributed by atoms with Crippen molar-refractivity contribution >= 4 is 12.0 Å². The van der Waals surface area contributed by atoms with Gasteiger partial charge in [0.2, 0.25) is 0 Å². The fourth-order valence-electron chi connectivity index (χ4n) is 3.32. The van der Waals surface area contributed by atoms with Crippen LogP contribution in [0.15, 0.2) is 42.5 Å². The van der Waals surface area contributed by atoms with E-state index in [1.54, 1.807) is 20.3 Å². The van der Waals surface area contributed by atoms with E-state index in [0.717, 1.165) is 24.0 Å². The zero-order valence-electron chi connectivity index (χ0n) is 23.6. The molecule has 2 rings (SSSR count). The highest BCUT2D eigenvalue weighted by atomic mass is 16.7. The number of esters is 1. The van der Waals surface area contributed by atoms with Crippen LogP contribution in [-0.2, 0) is 30.2 Å². The van der Waals surface area contributed by atoms with E-state index in [1.165, 1.54) is 6.08 Å². The first-order valence-electron chi connectivity index (χ1n) is 13.3. The highest BCUT2D eigenvalue weighted by molar-refractivity contribution is 5.87. The van der Waals surface area contributed by atoms with E-state index in [2.05, 4.69) is 6.92 Å². The van der Waals surface area contributed by atoms with Crippen molar-refractivity contribution in [2.24, 2.45) is 0 Å². The number of benzene rings is 2. The summed E-state index contributed by atoms with van der Waals surface area (Å²) in [5.74, 6) is 2.08. The van der Waals surface area contributed by atoms with Gasteiger partial charge in [-0.2, -0.15) is 0 Å². The number of methoxy groups -OCH3 is 2. The van der Waals surface area contributed by atoms with Gasteiger partial charge in [0.15, 0.2) is 29.8 Å². The molecule has 0 amide bonds. The summed E-state index contributed by atoms with van der Waals surface area (Å²) in [4.78, 5) is 11.9. The van der Waals surface area contributed by atoms with Crippen molar-refractivity contribution in [2.45, 2.75) is 33.1 Å². The second-order valence-corrected chi connectivity index (χ2v) is 8.35. The molecular formula is C30H42O9. The Kier molecular flexibility index (Phi) is 16.2. The van der Waals surface area contributed by atoms with Crippen molar-refractivity contribution in [3.63, 3.8) is 0 Å². The molecule has 0 spiro atoms. The van der Waals surface area contributed by atoms with Gasteiger partial charge in [0, 0.05) is 26.2 Å². The molecule has 9 nitrogen and oxygen atoms in total. The molecule has 0 bridgehead atoms. The maximum Gasteiger partial charge on any atom is 0.330 e. The van der Waals surface area contributed by atoms with Crippen LogP contribution >= 0.6 is 0 Å². The fraction of sp³-hybridized carbons (Fsp3) is 0.500. The number of rotatable bonds is 21. The zero-order valence-corrected chi connectivity index (χ0v) is 23.6. The smallest absolute Gasteiger partial charge is 0.330 e. The topological polar surface area (TPSA) is 90.9 Å². The fourth-order valence-corrected chi connectivity index (χ4v) is 3.32. The molecule has 0 radical (unpaired) electrons. The molecule has 0 saturated heterocycles. The van der Waals surface area contributed by atoms with Crippen LogP contribution in [0.2, 0.25) is 0 Å². The number of hydrogen-bond acceptors (Lipinski definition) is 9. The van der Waals surface area contributed by atoms with Gasteiger partial charge in [0.25, 0.3) is 0 Å². The van der Waals surface area contributed by atoms with Crippen molar-refractivity contribution in [3.8, 4) is 23.0 Å². The van der Waals surface area contributed by atoms with Crippen LogP contribution in [0, 0.1) is 0 Å². The van der Waals surface area contributed by atoms with Gasteiger partial charge in [-0.25, -0.2) is 4.79 Å². The molecule has 0 unspecified atom stereocenters. The third-order valence-corrected chi connectivity index (χ3v) is 5.42. The summed E-state index contributed by atoms with van der Waals surface area (Å²) in [7, 11) is 3.22. The monoisotopic (exact) mass is 546 g/mol. The van der Waals surface area contributed by atoms with Gasteiger partial charge in [-0.3, -0.25) is 0 Å². The summed E-state index contributed by atoms with van der Waals surface area (Å²) in [6.45, 7) is 7.28. The first-order valence-corrected chi connectivity index (χ1v) is 13.3. The summed E-state index contributed by atoms with van der Waals surface area (Å²) >= 11 is 0. The van der Waals surface area contributed by atoms with E-state index in [1.807, 2.05) is 43.3 Å². The minimum Gasteiger partial charge on any atom is -0.493 e. The van der Waals surface area contributed by atoms with E-state index in [9.17, 15) is 4.79 Å². The third-order valence-electron chi connectivity index (χ3n) is 5.42. The van der Waals surface area contributed by atoms with Crippen LogP contribution in [0.5, 0.6) is 23.0 Å². The van der Waals surface area contributed by atoms with Crippen molar-refractivity contribution in [1.82, 2.24) is 0 Å². The first-order chi connectivity index (χ1) is 19.1. The molecule has 0 aliphatic carbocycles. The second kappa shape index (κ2) is 19.7. The highest BCUT2D eigenvalue weighted by Crippen LogP contribution is 2.31. The number of ether oxygens (including phenoxy) is 8. The van der Waals surface area contributed by atoms with Crippen molar-refractivity contribution < 1.29 is 42.7 Å². The Labute approximate surface area is 231 Å². The summed E-state index contributed by atoms with van der Waals surface area (Å²) in [5.41, 5.74) is 1.84. The van der Waals surface area contributed by atoms with Crippen molar-refractivity contribution in [3.05, 3.63) is 53.6 Å². The van der Waals surface area contributed by atoms with E-state index >= 15 is 0 Å². The molecule has 9 heteroatoms. The van der Waals surface area contributed by atoms with Gasteiger partial charge in [-0.15, -0.1) is 0 Å². The standard InChI is InChI=1S/C30H42O9/c1-5-7-15-36-29-22-24(10-13-30(31)38-20-19-34-6-2)8-12-27(29)37-16-14-25-9-11-26(28(21-25)33-4)39-23-35-18-17-32-3/h8-13,21-22H,5-7,14-20,23H2,1-4H3/b13-10-. The lowest BCUT2D eigenvalue weighted by Crippen LogP contribution is -2.08. The molecule has 0 aromatic heterocycles. The molecule has 0 aliphatic rings. The van der Waals surface area contributed by atoms with Gasteiger partial charge in [0.1, 0.15) is 6.61 Å². The predicted octanol–water partition coefficient (Wildman–Crippen LogP) is 5.09. The Morgan fingerprint density at radius 1 is 0.769 bits per heavy atom. The molecule has 0 atom stereocenters. The van der Waals surface area contributed by atoms with Gasteiger partial charge in [-0.05, 0) is 54.8 Å². The normalized spacial score (nSPS) is 11.0. The molecule has 2 aromatic carbocycles. The maximum absolute atomic E-state index is 11.9. The second-order valence-electron chi connectivity index (χ2n) is 8.35. The average Bonchev–Trinajstić information content (AvgIpc) is 2.95. The van der Waals surface area contributed by atoms with Crippen molar-refractivity contribution in [1.29, 1.82) is 0 Å². The number of carbonyl (C=O) groups is 1. The third kappa shape index (κ3) is 12.9. The van der Waals surface area contributed by atoms with Crippen LogP contribution in [-0.4, -0.2) is 73.2 Å². The van der Waals surface area contributed by atoms with E-state index < -0.39 is 5.97 Å². The van der Waals surface area contributed by atoms with Crippen LogP contribution in [0.1, 0.15) is 37.8 Å². The highest BCUT2D eigenvalue weighted by Gasteiger charge is 2.09. The molecule has 0 aliphatic heterocycles. The molecule has 2 aromatic rings. The average molecular weight is 547 g/mol. The van der Waals surface area contributed by atoms with Crippen LogP contribution < -0.4 is 18.9 Å². The van der Waals surface area contributed by atoms with E-state index in [4.69, 9.17) is 37.9 Å². The molecule has 0 heterocycles. The SMILES string of the molecule is CCCCOc1cc(/C=C\C(=O)OCCOCC)ccc1OCCc1ccc(OCOCCOC)c(OC)c1. The lowest BCUT2D eigenvalue weighted by atomic mass is 10.1. The van der Waals surface area contributed by atoms with Crippen molar-refractivity contribution in [2.75, 3.05) is 67.3 Å². The Hall–Kier alpha value is -3.27. The largest absolute Gasteiger partial charge is 0.493 e. The Bertz CT molecular complexity index is 990. The first kappa shape index (κ1) is 31.9.